The number of carbonyl (C=O) groups excluding carboxylic acids is 1. The number of hydrogen-bond donors (Lipinski definition) is 3. The van der Waals surface area contributed by atoms with Crippen LogP contribution in [0.25, 0.3) is 0 Å². The third-order valence-electron chi connectivity index (χ3n) is 2.48. The van der Waals surface area contributed by atoms with E-state index >= 15 is 0 Å². The first-order chi connectivity index (χ1) is 8.95. The second-order valence-electron chi connectivity index (χ2n) is 3.88. The minimum atomic E-state index is -1.11. The molecule has 19 heavy (non-hydrogen) atoms. The van der Waals surface area contributed by atoms with Gasteiger partial charge >= 0.3 is 5.97 Å². The zero-order valence-electron chi connectivity index (χ0n) is 10.4. The Morgan fingerprint density at radius 2 is 2.21 bits per heavy atom. The Kier molecular flexibility index (Phi) is 5.62. The number of benzene rings is 1. The molecule has 0 spiro atoms. The Labute approximate surface area is 114 Å². The lowest BCUT2D eigenvalue weighted by Gasteiger charge is -2.14. The van der Waals surface area contributed by atoms with Gasteiger partial charge in [-0.1, -0.05) is 0 Å². The Balaban J connectivity index is 2.75. The van der Waals surface area contributed by atoms with Gasteiger partial charge in [-0.2, -0.15) is 11.8 Å². The largest absolute Gasteiger partial charge is 0.480 e. The molecule has 0 aliphatic rings. The maximum Gasteiger partial charge on any atom is 0.326 e. The Hall–Kier alpha value is -1.76. The van der Waals surface area contributed by atoms with E-state index in [9.17, 15) is 14.0 Å². The number of thioether (sulfide) groups is 1. The van der Waals surface area contributed by atoms with E-state index in [0.29, 0.717) is 12.2 Å². The lowest BCUT2D eigenvalue weighted by atomic mass is 10.1. The third-order valence-corrected chi connectivity index (χ3v) is 3.12. The van der Waals surface area contributed by atoms with Gasteiger partial charge in [-0.25, -0.2) is 9.18 Å². The molecular formula is C12H15FN2O3S. The lowest BCUT2D eigenvalue weighted by molar-refractivity contribution is -0.139. The number of halogens is 1. The molecule has 0 aliphatic heterocycles. The van der Waals surface area contributed by atoms with Crippen molar-refractivity contribution in [1.29, 1.82) is 0 Å². The summed E-state index contributed by atoms with van der Waals surface area (Å²) < 4.78 is 13.2. The van der Waals surface area contributed by atoms with Crippen LogP contribution in [-0.2, 0) is 4.79 Å². The fourth-order valence-corrected chi connectivity index (χ4v) is 1.87. The number of rotatable bonds is 6. The molecule has 1 unspecified atom stereocenters. The minimum absolute atomic E-state index is 0.0436. The van der Waals surface area contributed by atoms with Gasteiger partial charge in [-0.3, -0.25) is 4.79 Å². The minimum Gasteiger partial charge on any atom is -0.480 e. The Morgan fingerprint density at radius 1 is 1.53 bits per heavy atom. The highest BCUT2D eigenvalue weighted by molar-refractivity contribution is 7.98. The van der Waals surface area contributed by atoms with Gasteiger partial charge in [0, 0.05) is 5.56 Å². The van der Waals surface area contributed by atoms with Gasteiger partial charge in [0.1, 0.15) is 11.9 Å². The normalized spacial score (nSPS) is 11.9. The monoisotopic (exact) mass is 286 g/mol. The molecule has 1 amide bonds. The zero-order chi connectivity index (χ0) is 14.4. The number of carboxylic acids is 1. The number of nitrogens with two attached hydrogens (primary N) is 1. The summed E-state index contributed by atoms with van der Waals surface area (Å²) >= 11 is 1.48. The molecule has 0 saturated heterocycles. The molecule has 0 aliphatic carbocycles. The third kappa shape index (κ3) is 4.44. The fraction of sp³-hybridized carbons (Fsp3) is 0.333. The van der Waals surface area contributed by atoms with Crippen LogP contribution in [0.3, 0.4) is 0 Å². The van der Waals surface area contributed by atoms with Crippen LogP contribution in [0.1, 0.15) is 16.8 Å². The van der Waals surface area contributed by atoms with Crippen LogP contribution in [0.5, 0.6) is 0 Å². The summed E-state index contributed by atoms with van der Waals surface area (Å²) in [5.41, 5.74) is 5.28. The maximum atomic E-state index is 13.2. The molecular weight excluding hydrogens is 271 g/mol. The second kappa shape index (κ2) is 6.98. The first kappa shape index (κ1) is 15.3. The highest BCUT2D eigenvalue weighted by Crippen LogP contribution is 2.12. The predicted molar refractivity (Wildman–Crippen MR) is 72.7 cm³/mol. The van der Waals surface area contributed by atoms with Crippen molar-refractivity contribution in [3.63, 3.8) is 0 Å². The van der Waals surface area contributed by atoms with E-state index < -0.39 is 23.7 Å². The van der Waals surface area contributed by atoms with E-state index in [-0.39, 0.29) is 11.3 Å². The molecule has 1 rings (SSSR count). The zero-order valence-corrected chi connectivity index (χ0v) is 11.2. The van der Waals surface area contributed by atoms with Crippen LogP contribution in [-0.4, -0.2) is 35.0 Å². The van der Waals surface area contributed by atoms with Crippen LogP contribution in [0, 0.1) is 5.82 Å². The van der Waals surface area contributed by atoms with E-state index in [1.54, 1.807) is 0 Å². The molecule has 7 heteroatoms. The number of aliphatic carboxylic acids is 1. The summed E-state index contributed by atoms with van der Waals surface area (Å²) in [7, 11) is 0. The smallest absolute Gasteiger partial charge is 0.326 e. The average Bonchev–Trinajstić information content (AvgIpc) is 2.37. The molecule has 1 aromatic rings. The Morgan fingerprint density at radius 3 is 2.74 bits per heavy atom. The molecule has 0 heterocycles. The van der Waals surface area contributed by atoms with E-state index in [2.05, 4.69) is 5.32 Å². The number of amides is 1. The van der Waals surface area contributed by atoms with Crippen LogP contribution in [0.4, 0.5) is 10.1 Å². The van der Waals surface area contributed by atoms with E-state index in [1.165, 1.54) is 23.9 Å². The number of nitrogen functional groups attached to an aromatic ring is 1. The molecule has 0 saturated carbocycles. The summed E-state index contributed by atoms with van der Waals surface area (Å²) in [5, 5.41) is 11.3. The van der Waals surface area contributed by atoms with Gasteiger partial charge in [-0.05, 0) is 36.6 Å². The second-order valence-corrected chi connectivity index (χ2v) is 4.87. The lowest BCUT2D eigenvalue weighted by Crippen LogP contribution is -2.41. The number of hydrogen-bond acceptors (Lipinski definition) is 4. The number of carboxylic acid groups (broad SMARTS) is 1. The number of anilines is 1. The van der Waals surface area contributed by atoms with E-state index in [0.717, 1.165) is 6.07 Å². The van der Waals surface area contributed by atoms with Crippen molar-refractivity contribution >= 4 is 29.3 Å². The molecule has 104 valence electrons. The van der Waals surface area contributed by atoms with Crippen LogP contribution < -0.4 is 11.1 Å². The van der Waals surface area contributed by atoms with Gasteiger partial charge < -0.3 is 16.2 Å². The van der Waals surface area contributed by atoms with Gasteiger partial charge in [0.05, 0.1) is 5.69 Å². The molecule has 5 nitrogen and oxygen atoms in total. The van der Waals surface area contributed by atoms with Gasteiger partial charge in [0.25, 0.3) is 5.91 Å². The van der Waals surface area contributed by atoms with E-state index in [1.807, 2.05) is 6.26 Å². The number of carbonyl (C=O) groups is 2. The van der Waals surface area contributed by atoms with Crippen molar-refractivity contribution in [1.82, 2.24) is 5.32 Å². The average molecular weight is 286 g/mol. The van der Waals surface area contributed by atoms with Crippen molar-refractivity contribution in [2.75, 3.05) is 17.7 Å². The molecule has 4 N–H and O–H groups in total. The standard InChI is InChI=1S/C12H15FN2O3S/c1-19-5-4-10(12(17)18)15-11(16)7-2-3-9(14)8(13)6-7/h2-3,6,10H,4-5,14H2,1H3,(H,15,16)(H,17,18). The molecule has 0 fully saturated rings. The molecule has 0 aromatic heterocycles. The van der Waals surface area contributed by atoms with E-state index in [4.69, 9.17) is 10.8 Å². The summed E-state index contributed by atoms with van der Waals surface area (Å²) in [4.78, 5) is 22.8. The van der Waals surface area contributed by atoms with Gasteiger partial charge in [-0.15, -0.1) is 0 Å². The topological polar surface area (TPSA) is 92.4 Å². The van der Waals surface area contributed by atoms with Crippen LogP contribution in [0.2, 0.25) is 0 Å². The molecule has 1 atom stereocenters. The molecule has 0 bridgehead atoms. The Bertz CT molecular complexity index is 482. The summed E-state index contributed by atoms with van der Waals surface area (Å²) in [5.74, 6) is -1.85. The van der Waals surface area contributed by atoms with Gasteiger partial charge in [0.2, 0.25) is 0 Å². The molecule has 0 radical (unpaired) electrons. The SMILES string of the molecule is CSCCC(NC(=O)c1ccc(N)c(F)c1)C(=O)O. The quantitative estimate of drug-likeness (QED) is 0.686. The van der Waals surface area contributed by atoms with Crippen LogP contribution >= 0.6 is 11.8 Å². The number of nitrogens with one attached hydrogen (secondary N) is 1. The predicted octanol–water partition coefficient (Wildman–Crippen LogP) is 1.34. The maximum absolute atomic E-state index is 13.2. The van der Waals surface area contributed by atoms with Crippen molar-refractivity contribution in [2.24, 2.45) is 0 Å². The summed E-state index contributed by atoms with van der Waals surface area (Å²) in [6.07, 6.45) is 2.15. The van der Waals surface area contributed by atoms with Crippen molar-refractivity contribution in [2.45, 2.75) is 12.5 Å². The van der Waals surface area contributed by atoms with Crippen molar-refractivity contribution in [3.8, 4) is 0 Å². The summed E-state index contributed by atoms with van der Waals surface area (Å²) in [6, 6.07) is 2.61. The highest BCUT2D eigenvalue weighted by Gasteiger charge is 2.20. The first-order valence-corrected chi connectivity index (χ1v) is 6.92. The highest BCUT2D eigenvalue weighted by atomic mass is 32.2. The fourth-order valence-electron chi connectivity index (χ4n) is 1.40. The molecule has 1 aromatic carbocycles. The van der Waals surface area contributed by atoms with Gasteiger partial charge in [0.15, 0.2) is 0 Å². The van der Waals surface area contributed by atoms with Crippen LogP contribution in [0.15, 0.2) is 18.2 Å². The first-order valence-electron chi connectivity index (χ1n) is 5.53. The summed E-state index contributed by atoms with van der Waals surface area (Å²) in [6.45, 7) is 0. The van der Waals surface area contributed by atoms with Crippen molar-refractivity contribution < 1.29 is 19.1 Å². The van der Waals surface area contributed by atoms with Crippen molar-refractivity contribution in [3.05, 3.63) is 29.6 Å².